The van der Waals surface area contributed by atoms with Crippen molar-refractivity contribution in [2.75, 3.05) is 21.3 Å². The molecule has 0 aromatic heterocycles. The smallest absolute Gasteiger partial charge is 0.236 e. The van der Waals surface area contributed by atoms with Crippen molar-refractivity contribution in [3.8, 4) is 11.5 Å². The van der Waals surface area contributed by atoms with Gasteiger partial charge < -0.3 is 9.47 Å². The van der Waals surface area contributed by atoms with E-state index in [4.69, 9.17) is 15.3 Å². The second kappa shape index (κ2) is 6.43. The monoisotopic (exact) mass is 266 g/mol. The molecule has 1 amide bonds. The van der Waals surface area contributed by atoms with Gasteiger partial charge in [-0.15, -0.1) is 0 Å². The molecule has 1 aromatic rings. The molecule has 0 unspecified atom stereocenters. The van der Waals surface area contributed by atoms with Crippen LogP contribution in [0.3, 0.4) is 0 Å². The van der Waals surface area contributed by atoms with E-state index in [0.717, 1.165) is 33.2 Å². The highest BCUT2D eigenvalue weighted by Gasteiger charge is 2.15. The van der Waals surface area contributed by atoms with Crippen LogP contribution < -0.4 is 15.3 Å². The van der Waals surface area contributed by atoms with Gasteiger partial charge in [0.15, 0.2) is 0 Å². The molecule has 1 rings (SSSR count). The van der Waals surface area contributed by atoms with Crippen LogP contribution in [0.25, 0.3) is 0 Å². The number of methoxy groups -OCH3 is 2. The minimum absolute atomic E-state index is 0.112. The van der Waals surface area contributed by atoms with Crippen LogP contribution in [0.4, 0.5) is 0 Å². The van der Waals surface area contributed by atoms with E-state index in [9.17, 15) is 4.79 Å². The molecule has 2 N–H and O–H groups in total. The van der Waals surface area contributed by atoms with Gasteiger partial charge in [0.25, 0.3) is 0 Å². The van der Waals surface area contributed by atoms with Crippen LogP contribution in [0.15, 0.2) is 6.07 Å². The third-order valence-electron chi connectivity index (χ3n) is 3.30. The summed E-state index contributed by atoms with van der Waals surface area (Å²) < 4.78 is 10.8. The Labute approximate surface area is 114 Å². The molecule has 19 heavy (non-hydrogen) atoms. The number of benzene rings is 1. The number of carbonyl (C=O) groups excluding carboxylic acids is 1. The molecule has 0 fully saturated rings. The maximum absolute atomic E-state index is 11.6. The predicted molar refractivity (Wildman–Crippen MR) is 74.3 cm³/mol. The predicted octanol–water partition coefficient (Wildman–Crippen LogP) is 1.59. The zero-order valence-corrected chi connectivity index (χ0v) is 12.2. The normalized spacial score (nSPS) is 10.2. The van der Waals surface area contributed by atoms with Crippen LogP contribution in [0.2, 0.25) is 0 Å². The summed E-state index contributed by atoms with van der Waals surface area (Å²) in [5, 5.41) is 1.10. The van der Waals surface area contributed by atoms with E-state index in [-0.39, 0.29) is 5.91 Å². The first kappa shape index (κ1) is 15.3. The summed E-state index contributed by atoms with van der Waals surface area (Å²) >= 11 is 0. The summed E-state index contributed by atoms with van der Waals surface area (Å²) in [6, 6.07) is 1.92. The average Bonchev–Trinajstić information content (AvgIpc) is 2.39. The SMILES string of the molecule is COc1cc(CCC(=O)N(C)N)c(OC)c(C)c1C. The standard InChI is InChI=1S/C14H22N2O3/c1-9-10(2)14(19-5)11(8-12(9)18-4)6-7-13(17)16(3)15/h8H,6-7,15H2,1-5H3. The molecule has 0 spiro atoms. The second-order valence-electron chi connectivity index (χ2n) is 4.53. The molecule has 5 nitrogen and oxygen atoms in total. The van der Waals surface area contributed by atoms with Crippen molar-refractivity contribution in [3.05, 3.63) is 22.8 Å². The molecule has 0 aliphatic carbocycles. The summed E-state index contributed by atoms with van der Waals surface area (Å²) in [7, 11) is 4.81. The molecule has 0 atom stereocenters. The molecule has 0 bridgehead atoms. The Bertz CT molecular complexity index is 470. The molecule has 0 saturated heterocycles. The first-order valence-corrected chi connectivity index (χ1v) is 6.14. The number of hydrazine groups is 1. The number of ether oxygens (including phenoxy) is 2. The van der Waals surface area contributed by atoms with Gasteiger partial charge in [-0.1, -0.05) is 0 Å². The van der Waals surface area contributed by atoms with Gasteiger partial charge in [0, 0.05) is 13.5 Å². The van der Waals surface area contributed by atoms with Gasteiger partial charge in [0.05, 0.1) is 14.2 Å². The third kappa shape index (κ3) is 3.38. The Morgan fingerprint density at radius 3 is 2.37 bits per heavy atom. The van der Waals surface area contributed by atoms with Gasteiger partial charge >= 0.3 is 0 Å². The van der Waals surface area contributed by atoms with Crippen LogP contribution in [0.5, 0.6) is 11.5 Å². The molecular formula is C14H22N2O3. The first-order valence-electron chi connectivity index (χ1n) is 6.14. The van der Waals surface area contributed by atoms with Crippen molar-refractivity contribution < 1.29 is 14.3 Å². The molecule has 1 aromatic carbocycles. The summed E-state index contributed by atoms with van der Waals surface area (Å²) in [4.78, 5) is 11.6. The van der Waals surface area contributed by atoms with Gasteiger partial charge in [-0.25, -0.2) is 5.84 Å². The van der Waals surface area contributed by atoms with E-state index in [2.05, 4.69) is 0 Å². The van der Waals surface area contributed by atoms with Gasteiger partial charge in [-0.3, -0.25) is 9.80 Å². The number of nitrogens with two attached hydrogens (primary N) is 1. The molecular weight excluding hydrogens is 244 g/mol. The highest BCUT2D eigenvalue weighted by Crippen LogP contribution is 2.33. The highest BCUT2D eigenvalue weighted by atomic mass is 16.5. The van der Waals surface area contributed by atoms with Crippen LogP contribution in [0.1, 0.15) is 23.1 Å². The maximum atomic E-state index is 11.6. The Hall–Kier alpha value is -1.75. The van der Waals surface area contributed by atoms with Gasteiger partial charge in [-0.2, -0.15) is 0 Å². The number of hydrogen-bond donors (Lipinski definition) is 1. The lowest BCUT2D eigenvalue weighted by atomic mass is 9.99. The fraction of sp³-hybridized carbons (Fsp3) is 0.500. The van der Waals surface area contributed by atoms with Gasteiger partial charge in [0.1, 0.15) is 11.5 Å². The zero-order chi connectivity index (χ0) is 14.6. The zero-order valence-electron chi connectivity index (χ0n) is 12.2. The summed E-state index contributed by atoms with van der Waals surface area (Å²) in [6.07, 6.45) is 0.913. The highest BCUT2D eigenvalue weighted by molar-refractivity contribution is 5.75. The quantitative estimate of drug-likeness (QED) is 0.499. The van der Waals surface area contributed by atoms with Crippen molar-refractivity contribution in [1.82, 2.24) is 5.01 Å². The molecule has 0 heterocycles. The lowest BCUT2D eigenvalue weighted by Gasteiger charge is -2.17. The maximum Gasteiger partial charge on any atom is 0.236 e. The fourth-order valence-electron chi connectivity index (χ4n) is 2.03. The second-order valence-corrected chi connectivity index (χ2v) is 4.53. The average molecular weight is 266 g/mol. The Kier molecular flexibility index (Phi) is 5.18. The molecule has 0 saturated carbocycles. The fourth-order valence-corrected chi connectivity index (χ4v) is 2.03. The molecule has 106 valence electrons. The van der Waals surface area contributed by atoms with Gasteiger partial charge in [0.2, 0.25) is 5.91 Å². The summed E-state index contributed by atoms with van der Waals surface area (Å²) in [6.45, 7) is 3.97. The van der Waals surface area contributed by atoms with Crippen molar-refractivity contribution in [1.29, 1.82) is 0 Å². The number of nitrogens with zero attached hydrogens (tertiary/aromatic N) is 1. The van der Waals surface area contributed by atoms with Crippen molar-refractivity contribution in [3.63, 3.8) is 0 Å². The largest absolute Gasteiger partial charge is 0.496 e. The summed E-state index contributed by atoms with van der Waals surface area (Å²) in [5.41, 5.74) is 3.04. The first-order chi connectivity index (χ1) is 8.92. The van der Waals surface area contributed by atoms with Gasteiger partial charge in [-0.05, 0) is 43.0 Å². The van der Waals surface area contributed by atoms with Crippen molar-refractivity contribution in [2.45, 2.75) is 26.7 Å². The van der Waals surface area contributed by atoms with E-state index in [1.165, 1.54) is 0 Å². The topological polar surface area (TPSA) is 64.8 Å². The Balaban J connectivity index is 3.05. The van der Waals surface area contributed by atoms with Crippen LogP contribution in [0, 0.1) is 13.8 Å². The minimum atomic E-state index is -0.112. The van der Waals surface area contributed by atoms with Crippen molar-refractivity contribution >= 4 is 5.91 Å². The Morgan fingerprint density at radius 1 is 1.26 bits per heavy atom. The van der Waals surface area contributed by atoms with Crippen LogP contribution >= 0.6 is 0 Å². The number of hydrogen-bond acceptors (Lipinski definition) is 4. The molecule has 5 heteroatoms. The third-order valence-corrected chi connectivity index (χ3v) is 3.30. The Morgan fingerprint density at radius 2 is 1.89 bits per heavy atom. The number of amides is 1. The summed E-state index contributed by atoms with van der Waals surface area (Å²) in [5.74, 6) is 6.91. The minimum Gasteiger partial charge on any atom is -0.496 e. The lowest BCUT2D eigenvalue weighted by Crippen LogP contribution is -2.33. The number of rotatable bonds is 5. The van der Waals surface area contributed by atoms with E-state index in [1.807, 2.05) is 19.9 Å². The number of aryl methyl sites for hydroxylation is 1. The molecule has 0 aliphatic heterocycles. The van der Waals surface area contributed by atoms with Crippen LogP contribution in [-0.2, 0) is 11.2 Å². The van der Waals surface area contributed by atoms with E-state index >= 15 is 0 Å². The molecule has 0 radical (unpaired) electrons. The van der Waals surface area contributed by atoms with E-state index in [0.29, 0.717) is 12.8 Å². The van der Waals surface area contributed by atoms with E-state index in [1.54, 1.807) is 21.3 Å². The lowest BCUT2D eigenvalue weighted by molar-refractivity contribution is -0.130. The van der Waals surface area contributed by atoms with Crippen molar-refractivity contribution in [2.24, 2.45) is 5.84 Å². The number of carbonyl (C=O) groups is 1. The van der Waals surface area contributed by atoms with Crippen LogP contribution in [-0.4, -0.2) is 32.2 Å². The van der Waals surface area contributed by atoms with E-state index < -0.39 is 0 Å². The molecule has 0 aliphatic rings.